The predicted octanol–water partition coefficient (Wildman–Crippen LogP) is 3.11. The second-order valence-corrected chi connectivity index (χ2v) is 7.64. The van der Waals surface area contributed by atoms with E-state index in [9.17, 15) is 4.79 Å². The molecule has 0 saturated carbocycles. The molecule has 0 fully saturated rings. The number of amides is 1. The van der Waals surface area contributed by atoms with Crippen LogP contribution in [0, 0.1) is 0 Å². The lowest BCUT2D eigenvalue weighted by Crippen LogP contribution is -2.34. The second kappa shape index (κ2) is 11.3. The van der Waals surface area contributed by atoms with Crippen molar-refractivity contribution in [3.8, 4) is 28.6 Å². The Morgan fingerprint density at radius 1 is 1.03 bits per heavy atom. The third-order valence-electron chi connectivity index (χ3n) is 5.29. The number of hydrogen-bond donors (Lipinski definition) is 1. The zero-order valence-corrected chi connectivity index (χ0v) is 19.6. The summed E-state index contributed by atoms with van der Waals surface area (Å²) in [5, 5.41) is 7.01. The molecule has 9 nitrogen and oxygen atoms in total. The van der Waals surface area contributed by atoms with Crippen LogP contribution in [0.25, 0.3) is 11.4 Å². The van der Waals surface area contributed by atoms with Crippen molar-refractivity contribution in [3.63, 3.8) is 0 Å². The SMILES string of the molecule is COc1ccc(C(CNC(=O)CCc2nc(-c3ccc(OC)c(OC)c3)no2)N(C)C)cc1. The third kappa shape index (κ3) is 6.23. The van der Waals surface area contributed by atoms with Gasteiger partial charge in [0.15, 0.2) is 11.5 Å². The number of carbonyl (C=O) groups is 1. The molecule has 9 heteroatoms. The summed E-state index contributed by atoms with van der Waals surface area (Å²) in [5.74, 6) is 2.74. The van der Waals surface area contributed by atoms with Crippen LogP contribution in [0.3, 0.4) is 0 Å². The van der Waals surface area contributed by atoms with Crippen LogP contribution >= 0.6 is 0 Å². The minimum Gasteiger partial charge on any atom is -0.497 e. The van der Waals surface area contributed by atoms with E-state index in [4.69, 9.17) is 18.7 Å². The summed E-state index contributed by atoms with van der Waals surface area (Å²) in [6.45, 7) is 0.485. The lowest BCUT2D eigenvalue weighted by molar-refractivity contribution is -0.121. The van der Waals surface area contributed by atoms with Crippen LogP contribution in [0.5, 0.6) is 17.2 Å². The molecule has 1 aromatic heterocycles. The first kappa shape index (κ1) is 24.1. The molecular formula is C24H30N4O5. The molecule has 1 heterocycles. The lowest BCUT2D eigenvalue weighted by Gasteiger charge is -2.25. The molecule has 1 amide bonds. The van der Waals surface area contributed by atoms with Crippen molar-refractivity contribution in [2.24, 2.45) is 0 Å². The number of carbonyl (C=O) groups excluding carboxylic acids is 1. The average Bonchev–Trinajstić information content (AvgIpc) is 3.31. The molecule has 0 radical (unpaired) electrons. The first-order valence-corrected chi connectivity index (χ1v) is 10.6. The summed E-state index contributed by atoms with van der Waals surface area (Å²) in [6.07, 6.45) is 0.595. The fourth-order valence-electron chi connectivity index (χ4n) is 3.39. The summed E-state index contributed by atoms with van der Waals surface area (Å²) in [4.78, 5) is 18.9. The van der Waals surface area contributed by atoms with Gasteiger partial charge in [0.1, 0.15) is 5.75 Å². The molecule has 0 aliphatic carbocycles. The van der Waals surface area contributed by atoms with E-state index >= 15 is 0 Å². The van der Waals surface area contributed by atoms with E-state index in [1.165, 1.54) is 0 Å². The molecule has 33 heavy (non-hydrogen) atoms. The highest BCUT2D eigenvalue weighted by Crippen LogP contribution is 2.31. The van der Waals surface area contributed by atoms with Crippen LogP contribution in [-0.4, -0.2) is 62.9 Å². The highest BCUT2D eigenvalue weighted by molar-refractivity contribution is 5.76. The number of likely N-dealkylation sites (N-methyl/N-ethyl adjacent to an activating group) is 1. The van der Waals surface area contributed by atoms with Crippen LogP contribution in [-0.2, 0) is 11.2 Å². The van der Waals surface area contributed by atoms with Crippen molar-refractivity contribution in [2.45, 2.75) is 18.9 Å². The van der Waals surface area contributed by atoms with E-state index in [0.29, 0.717) is 36.2 Å². The fraction of sp³-hybridized carbons (Fsp3) is 0.375. The Balaban J connectivity index is 1.55. The van der Waals surface area contributed by atoms with E-state index in [0.717, 1.165) is 16.9 Å². The van der Waals surface area contributed by atoms with Crippen molar-refractivity contribution in [3.05, 3.63) is 53.9 Å². The lowest BCUT2D eigenvalue weighted by atomic mass is 10.1. The predicted molar refractivity (Wildman–Crippen MR) is 124 cm³/mol. The van der Waals surface area contributed by atoms with E-state index < -0.39 is 0 Å². The van der Waals surface area contributed by atoms with Crippen molar-refractivity contribution >= 4 is 5.91 Å². The topological polar surface area (TPSA) is 99.0 Å². The maximum atomic E-state index is 12.4. The van der Waals surface area contributed by atoms with Crippen molar-refractivity contribution in [2.75, 3.05) is 42.0 Å². The number of nitrogens with one attached hydrogen (secondary N) is 1. The molecule has 0 aliphatic heterocycles. The van der Waals surface area contributed by atoms with Crippen LogP contribution in [0.4, 0.5) is 0 Å². The first-order chi connectivity index (χ1) is 15.9. The highest BCUT2D eigenvalue weighted by Gasteiger charge is 2.17. The van der Waals surface area contributed by atoms with Crippen LogP contribution in [0.1, 0.15) is 23.9 Å². The monoisotopic (exact) mass is 454 g/mol. The Morgan fingerprint density at radius 3 is 2.39 bits per heavy atom. The number of aromatic nitrogens is 2. The normalized spacial score (nSPS) is 11.8. The molecule has 3 rings (SSSR count). The van der Waals surface area contributed by atoms with Crippen LogP contribution in [0.2, 0.25) is 0 Å². The standard InChI is InChI=1S/C24H30N4O5/c1-28(2)19(16-6-9-18(30-3)10-7-16)15-25-22(29)12-13-23-26-24(27-33-23)17-8-11-20(31-4)21(14-17)32-5/h6-11,14,19H,12-13,15H2,1-5H3,(H,25,29). The van der Waals surface area contributed by atoms with E-state index in [-0.39, 0.29) is 18.4 Å². The van der Waals surface area contributed by atoms with E-state index in [2.05, 4.69) is 20.4 Å². The number of methoxy groups -OCH3 is 3. The molecule has 0 aliphatic rings. The summed E-state index contributed by atoms with van der Waals surface area (Å²) < 4.78 is 21.1. The summed E-state index contributed by atoms with van der Waals surface area (Å²) in [5.41, 5.74) is 1.83. The fourth-order valence-corrected chi connectivity index (χ4v) is 3.39. The number of rotatable bonds is 11. The number of aryl methyl sites for hydroxylation is 1. The van der Waals surface area contributed by atoms with Crippen molar-refractivity contribution in [1.82, 2.24) is 20.4 Å². The molecule has 3 aromatic rings. The molecule has 0 saturated heterocycles. The Hall–Kier alpha value is -3.59. The largest absolute Gasteiger partial charge is 0.497 e. The summed E-state index contributed by atoms with van der Waals surface area (Å²) >= 11 is 0. The maximum Gasteiger partial charge on any atom is 0.227 e. The van der Waals surface area contributed by atoms with Crippen molar-refractivity contribution in [1.29, 1.82) is 0 Å². The van der Waals surface area contributed by atoms with Gasteiger partial charge in [-0.3, -0.25) is 4.79 Å². The molecule has 1 atom stereocenters. The van der Waals surface area contributed by atoms with E-state index in [1.54, 1.807) is 33.5 Å². The first-order valence-electron chi connectivity index (χ1n) is 10.6. The molecule has 0 spiro atoms. The minimum absolute atomic E-state index is 0.0416. The Morgan fingerprint density at radius 2 is 1.76 bits per heavy atom. The van der Waals surface area contributed by atoms with Gasteiger partial charge in [0.05, 0.1) is 27.4 Å². The molecule has 2 aromatic carbocycles. The highest BCUT2D eigenvalue weighted by atomic mass is 16.5. The zero-order chi connectivity index (χ0) is 23.8. The van der Waals surface area contributed by atoms with Gasteiger partial charge < -0.3 is 29.0 Å². The van der Waals surface area contributed by atoms with Gasteiger partial charge in [-0.05, 0) is 50.0 Å². The average molecular weight is 455 g/mol. The van der Waals surface area contributed by atoms with Gasteiger partial charge >= 0.3 is 0 Å². The van der Waals surface area contributed by atoms with Gasteiger partial charge in [0.2, 0.25) is 17.6 Å². The zero-order valence-electron chi connectivity index (χ0n) is 19.6. The minimum atomic E-state index is -0.0822. The smallest absolute Gasteiger partial charge is 0.227 e. The van der Waals surface area contributed by atoms with Gasteiger partial charge in [0, 0.05) is 24.9 Å². The summed E-state index contributed by atoms with van der Waals surface area (Å²) in [7, 11) is 8.74. The number of hydrogen-bond acceptors (Lipinski definition) is 8. The quantitative estimate of drug-likeness (QED) is 0.472. The molecule has 1 N–H and O–H groups in total. The van der Waals surface area contributed by atoms with Gasteiger partial charge in [-0.2, -0.15) is 4.98 Å². The van der Waals surface area contributed by atoms with Gasteiger partial charge in [-0.25, -0.2) is 0 Å². The molecular weight excluding hydrogens is 424 g/mol. The van der Waals surface area contributed by atoms with Gasteiger partial charge in [-0.15, -0.1) is 0 Å². The van der Waals surface area contributed by atoms with Gasteiger partial charge in [0.25, 0.3) is 0 Å². The number of nitrogens with zero attached hydrogens (tertiary/aromatic N) is 3. The van der Waals surface area contributed by atoms with E-state index in [1.807, 2.05) is 44.4 Å². The van der Waals surface area contributed by atoms with Crippen molar-refractivity contribution < 1.29 is 23.5 Å². The Labute approximate surface area is 193 Å². The summed E-state index contributed by atoms with van der Waals surface area (Å²) in [6, 6.07) is 13.3. The molecule has 176 valence electrons. The van der Waals surface area contributed by atoms with Gasteiger partial charge in [-0.1, -0.05) is 17.3 Å². The Kier molecular flexibility index (Phi) is 8.26. The van der Waals surface area contributed by atoms with Crippen LogP contribution < -0.4 is 19.5 Å². The maximum absolute atomic E-state index is 12.4. The number of benzene rings is 2. The second-order valence-electron chi connectivity index (χ2n) is 7.64. The van der Waals surface area contributed by atoms with Crippen LogP contribution in [0.15, 0.2) is 47.0 Å². The third-order valence-corrected chi connectivity index (χ3v) is 5.29. The molecule has 0 bridgehead atoms. The number of ether oxygens (including phenoxy) is 3. The Bertz CT molecular complexity index is 1050. The molecule has 1 unspecified atom stereocenters.